The first kappa shape index (κ1) is 17.8. The summed E-state index contributed by atoms with van der Waals surface area (Å²) in [5.74, 6) is -0.398. The molecule has 3 N–H and O–H groups in total. The Bertz CT molecular complexity index is 505. The van der Waals surface area contributed by atoms with Crippen LogP contribution in [0.1, 0.15) is 32.3 Å². The van der Waals surface area contributed by atoms with Gasteiger partial charge in [0.1, 0.15) is 0 Å². The highest BCUT2D eigenvalue weighted by Crippen LogP contribution is 2.34. The molecule has 0 bridgehead atoms. The Kier molecular flexibility index (Phi) is 5.64. The van der Waals surface area contributed by atoms with E-state index >= 15 is 0 Å². The summed E-state index contributed by atoms with van der Waals surface area (Å²) in [5, 5.41) is 2.39. The minimum Gasteiger partial charge on any atom is -0.329 e. The fraction of sp³-hybridized carbons (Fsp3) is 0.500. The summed E-state index contributed by atoms with van der Waals surface area (Å²) < 4.78 is 38.2. The summed E-state index contributed by atoms with van der Waals surface area (Å²) in [6, 6.07) is 2.95. The zero-order valence-electron chi connectivity index (χ0n) is 11.9. The average Bonchev–Trinajstić information content (AvgIpc) is 2.39. The van der Waals surface area contributed by atoms with Crippen LogP contribution in [0.3, 0.4) is 0 Å². The summed E-state index contributed by atoms with van der Waals surface area (Å²) in [5.41, 5.74) is 3.96. The van der Waals surface area contributed by atoms with E-state index in [1.54, 1.807) is 0 Å². The molecule has 0 unspecified atom stereocenters. The maximum absolute atomic E-state index is 12.7. The van der Waals surface area contributed by atoms with Crippen molar-refractivity contribution in [2.75, 3.05) is 11.9 Å². The van der Waals surface area contributed by atoms with E-state index in [4.69, 9.17) is 17.3 Å². The minimum absolute atomic E-state index is 0.0135. The number of carbonyl (C=O) groups excluding carboxylic acids is 1. The van der Waals surface area contributed by atoms with Gasteiger partial charge in [-0.1, -0.05) is 25.4 Å². The monoisotopic (exact) mass is 322 g/mol. The highest BCUT2D eigenvalue weighted by atomic mass is 35.5. The SMILES string of the molecule is CCC(CC)(CN)C(=O)Nc1cc(Cl)cc(C(F)(F)F)c1. The number of amides is 1. The molecule has 1 aromatic rings. The molecule has 0 saturated heterocycles. The molecule has 1 rings (SSSR count). The smallest absolute Gasteiger partial charge is 0.329 e. The molecule has 1 aromatic carbocycles. The van der Waals surface area contributed by atoms with Crippen molar-refractivity contribution >= 4 is 23.2 Å². The number of benzene rings is 1. The van der Waals surface area contributed by atoms with Crippen LogP contribution in [0, 0.1) is 5.41 Å². The quantitative estimate of drug-likeness (QED) is 0.858. The lowest BCUT2D eigenvalue weighted by Crippen LogP contribution is -2.41. The standard InChI is InChI=1S/C14H18ClF3N2O/c1-3-13(4-2,8-19)12(21)20-11-6-9(14(16,17)18)5-10(15)7-11/h5-7H,3-4,8,19H2,1-2H3,(H,20,21). The summed E-state index contributed by atoms with van der Waals surface area (Å²) in [7, 11) is 0. The number of alkyl halides is 3. The normalized spacial score (nSPS) is 12.3. The van der Waals surface area contributed by atoms with Gasteiger partial charge in [-0.2, -0.15) is 13.2 Å². The van der Waals surface area contributed by atoms with E-state index in [2.05, 4.69) is 5.32 Å². The fourth-order valence-electron chi connectivity index (χ4n) is 2.04. The highest BCUT2D eigenvalue weighted by molar-refractivity contribution is 6.31. The number of anilines is 1. The summed E-state index contributed by atoms with van der Waals surface area (Å²) in [4.78, 5) is 12.3. The van der Waals surface area contributed by atoms with E-state index in [-0.39, 0.29) is 17.3 Å². The van der Waals surface area contributed by atoms with Crippen molar-refractivity contribution in [2.45, 2.75) is 32.9 Å². The van der Waals surface area contributed by atoms with Crippen LogP contribution in [0.15, 0.2) is 18.2 Å². The van der Waals surface area contributed by atoms with Gasteiger partial charge in [0, 0.05) is 17.3 Å². The van der Waals surface area contributed by atoms with Gasteiger partial charge in [-0.3, -0.25) is 4.79 Å². The van der Waals surface area contributed by atoms with E-state index in [0.29, 0.717) is 12.8 Å². The summed E-state index contributed by atoms with van der Waals surface area (Å²) in [6.07, 6.45) is -3.53. The number of rotatable bonds is 5. The van der Waals surface area contributed by atoms with Gasteiger partial charge in [-0.25, -0.2) is 0 Å². The summed E-state index contributed by atoms with van der Waals surface area (Å²) in [6.45, 7) is 3.75. The molecule has 0 aromatic heterocycles. The van der Waals surface area contributed by atoms with E-state index in [1.165, 1.54) is 6.07 Å². The van der Waals surface area contributed by atoms with Gasteiger partial charge in [0.15, 0.2) is 0 Å². The van der Waals surface area contributed by atoms with Crippen LogP contribution in [-0.2, 0) is 11.0 Å². The molecule has 3 nitrogen and oxygen atoms in total. The molecule has 0 aliphatic carbocycles. The third-order valence-electron chi connectivity index (χ3n) is 3.71. The lowest BCUT2D eigenvalue weighted by molar-refractivity contribution is -0.137. The van der Waals surface area contributed by atoms with Crippen LogP contribution in [0.25, 0.3) is 0 Å². The van der Waals surface area contributed by atoms with Crippen LogP contribution in [-0.4, -0.2) is 12.5 Å². The van der Waals surface area contributed by atoms with Crippen molar-refractivity contribution in [1.29, 1.82) is 0 Å². The van der Waals surface area contributed by atoms with Gasteiger partial charge >= 0.3 is 6.18 Å². The van der Waals surface area contributed by atoms with Crippen molar-refractivity contribution in [3.8, 4) is 0 Å². The zero-order valence-corrected chi connectivity index (χ0v) is 12.6. The molecule has 0 saturated carbocycles. The minimum atomic E-state index is -4.52. The van der Waals surface area contributed by atoms with Gasteiger partial charge in [0.05, 0.1) is 11.0 Å². The van der Waals surface area contributed by atoms with Crippen molar-refractivity contribution in [3.05, 3.63) is 28.8 Å². The molecular weight excluding hydrogens is 305 g/mol. The molecule has 21 heavy (non-hydrogen) atoms. The molecule has 7 heteroatoms. The highest BCUT2D eigenvalue weighted by Gasteiger charge is 2.34. The van der Waals surface area contributed by atoms with Crippen LogP contribution < -0.4 is 11.1 Å². The van der Waals surface area contributed by atoms with Gasteiger partial charge < -0.3 is 11.1 Å². The number of nitrogens with one attached hydrogen (secondary N) is 1. The van der Waals surface area contributed by atoms with Crippen LogP contribution >= 0.6 is 11.6 Å². The first-order chi connectivity index (χ1) is 9.68. The maximum atomic E-state index is 12.7. The third kappa shape index (κ3) is 4.11. The molecule has 0 spiro atoms. The van der Waals surface area contributed by atoms with Crippen LogP contribution in [0.5, 0.6) is 0 Å². The van der Waals surface area contributed by atoms with Crippen molar-refractivity contribution in [1.82, 2.24) is 0 Å². The second-order valence-electron chi connectivity index (χ2n) is 4.87. The van der Waals surface area contributed by atoms with Gasteiger partial charge in [-0.15, -0.1) is 0 Å². The Labute approximate surface area is 126 Å². The number of nitrogens with two attached hydrogens (primary N) is 1. The molecule has 0 aliphatic rings. The first-order valence-electron chi connectivity index (χ1n) is 6.58. The number of hydrogen-bond acceptors (Lipinski definition) is 2. The zero-order chi connectivity index (χ0) is 16.3. The second kappa shape index (κ2) is 6.66. The predicted molar refractivity (Wildman–Crippen MR) is 77.2 cm³/mol. The number of halogens is 4. The topological polar surface area (TPSA) is 55.1 Å². The molecule has 0 radical (unpaired) electrons. The Morgan fingerprint density at radius 3 is 2.24 bits per heavy atom. The lowest BCUT2D eigenvalue weighted by Gasteiger charge is -2.28. The van der Waals surface area contributed by atoms with Crippen molar-refractivity contribution < 1.29 is 18.0 Å². The van der Waals surface area contributed by atoms with Crippen LogP contribution in [0.2, 0.25) is 5.02 Å². The Morgan fingerprint density at radius 1 is 1.24 bits per heavy atom. The number of hydrogen-bond donors (Lipinski definition) is 2. The number of carbonyl (C=O) groups is 1. The predicted octanol–water partition coefficient (Wildman–Crippen LogP) is 4.06. The third-order valence-corrected chi connectivity index (χ3v) is 3.93. The molecule has 0 fully saturated rings. The van der Waals surface area contributed by atoms with E-state index in [1.807, 2.05) is 13.8 Å². The Balaban J connectivity index is 3.08. The molecule has 1 amide bonds. The van der Waals surface area contributed by atoms with E-state index in [9.17, 15) is 18.0 Å². The van der Waals surface area contributed by atoms with Gasteiger partial charge in [0.25, 0.3) is 0 Å². The Hall–Kier alpha value is -1.27. The van der Waals surface area contributed by atoms with E-state index in [0.717, 1.165) is 12.1 Å². The average molecular weight is 323 g/mol. The molecular formula is C14H18ClF3N2O. The van der Waals surface area contributed by atoms with Crippen LogP contribution in [0.4, 0.5) is 18.9 Å². The maximum Gasteiger partial charge on any atom is 0.416 e. The Morgan fingerprint density at radius 2 is 1.81 bits per heavy atom. The van der Waals surface area contributed by atoms with Gasteiger partial charge in [-0.05, 0) is 31.0 Å². The van der Waals surface area contributed by atoms with E-state index < -0.39 is 23.1 Å². The molecule has 118 valence electrons. The van der Waals surface area contributed by atoms with Crippen molar-refractivity contribution in [2.24, 2.45) is 11.1 Å². The second-order valence-corrected chi connectivity index (χ2v) is 5.31. The van der Waals surface area contributed by atoms with Crippen molar-refractivity contribution in [3.63, 3.8) is 0 Å². The lowest BCUT2D eigenvalue weighted by atomic mass is 9.81. The molecule has 0 aliphatic heterocycles. The molecule has 0 atom stereocenters. The fourth-order valence-corrected chi connectivity index (χ4v) is 2.28. The largest absolute Gasteiger partial charge is 0.416 e. The summed E-state index contributed by atoms with van der Waals surface area (Å²) >= 11 is 5.68. The molecule has 0 heterocycles. The van der Waals surface area contributed by atoms with Gasteiger partial charge in [0.2, 0.25) is 5.91 Å². The first-order valence-corrected chi connectivity index (χ1v) is 6.95.